The molecule has 148 valence electrons. The van der Waals surface area contributed by atoms with Crippen molar-refractivity contribution < 1.29 is 14.3 Å². The van der Waals surface area contributed by atoms with Gasteiger partial charge in [-0.15, -0.1) is 0 Å². The lowest BCUT2D eigenvalue weighted by atomic mass is 9.80. The Bertz CT molecular complexity index is 1230. The standard InChI is InChI=1S/C24H18N2O3S/c25-13-15-8-11-21(19-6-2-1-5-17(15)19)29-16-9-10-18-14(12-16)4-3-7-20(18)22-23(27)26-24(28)30-22/h1-2,5-6,8-12,20,22H,3-4,7H2,(H,26,27,28)/t20-,22?/m1/s1. The van der Waals surface area contributed by atoms with Gasteiger partial charge in [0.25, 0.3) is 5.24 Å². The maximum absolute atomic E-state index is 12.2. The number of hydrogen-bond donors (Lipinski definition) is 1. The Balaban J connectivity index is 1.47. The predicted octanol–water partition coefficient (Wildman–Crippen LogP) is 5.28. The molecule has 3 aromatic carbocycles. The molecule has 1 aliphatic carbocycles. The van der Waals surface area contributed by atoms with E-state index in [4.69, 9.17) is 4.74 Å². The molecule has 0 spiro atoms. The summed E-state index contributed by atoms with van der Waals surface area (Å²) < 4.78 is 6.21. The van der Waals surface area contributed by atoms with Gasteiger partial charge in [-0.2, -0.15) is 5.26 Å². The lowest BCUT2D eigenvalue weighted by Gasteiger charge is -2.28. The van der Waals surface area contributed by atoms with Crippen LogP contribution in [0.3, 0.4) is 0 Å². The maximum atomic E-state index is 12.2. The van der Waals surface area contributed by atoms with Crippen LogP contribution in [0.4, 0.5) is 4.79 Å². The number of benzene rings is 3. The average molecular weight is 414 g/mol. The Morgan fingerprint density at radius 1 is 1.07 bits per heavy atom. The van der Waals surface area contributed by atoms with Crippen molar-refractivity contribution in [1.82, 2.24) is 5.32 Å². The molecule has 1 aliphatic heterocycles. The van der Waals surface area contributed by atoms with Gasteiger partial charge in [0, 0.05) is 16.7 Å². The van der Waals surface area contributed by atoms with E-state index >= 15 is 0 Å². The van der Waals surface area contributed by atoms with Gasteiger partial charge in [0.05, 0.1) is 11.6 Å². The van der Waals surface area contributed by atoms with Crippen molar-refractivity contribution in [3.63, 3.8) is 0 Å². The van der Waals surface area contributed by atoms with E-state index in [0.717, 1.165) is 58.7 Å². The molecule has 5 rings (SSSR count). The van der Waals surface area contributed by atoms with Crippen LogP contribution in [0.25, 0.3) is 10.8 Å². The van der Waals surface area contributed by atoms with Crippen molar-refractivity contribution in [2.24, 2.45) is 0 Å². The molecule has 5 nitrogen and oxygen atoms in total. The van der Waals surface area contributed by atoms with E-state index in [1.54, 1.807) is 6.07 Å². The molecule has 1 N–H and O–H groups in total. The van der Waals surface area contributed by atoms with E-state index in [1.165, 1.54) is 0 Å². The number of nitrogens with zero attached hydrogens (tertiary/aromatic N) is 1. The number of carbonyl (C=O) groups excluding carboxylic acids is 2. The van der Waals surface area contributed by atoms with Crippen LogP contribution in [-0.4, -0.2) is 16.4 Å². The zero-order chi connectivity index (χ0) is 20.7. The van der Waals surface area contributed by atoms with E-state index in [9.17, 15) is 14.9 Å². The summed E-state index contributed by atoms with van der Waals surface area (Å²) in [4.78, 5) is 23.8. The fraction of sp³-hybridized carbons (Fsp3) is 0.208. The highest BCUT2D eigenvalue weighted by Crippen LogP contribution is 2.42. The third-order valence-electron chi connectivity index (χ3n) is 5.79. The number of thioether (sulfide) groups is 1. The number of aryl methyl sites for hydroxylation is 1. The predicted molar refractivity (Wildman–Crippen MR) is 116 cm³/mol. The summed E-state index contributed by atoms with van der Waals surface area (Å²) in [5, 5.41) is 12.9. The quantitative estimate of drug-likeness (QED) is 0.631. The normalized spacial score (nSPS) is 20.5. The summed E-state index contributed by atoms with van der Waals surface area (Å²) in [7, 11) is 0. The van der Waals surface area contributed by atoms with E-state index in [-0.39, 0.29) is 22.3 Å². The van der Waals surface area contributed by atoms with Crippen molar-refractivity contribution in [2.75, 3.05) is 0 Å². The first kappa shape index (κ1) is 18.7. The van der Waals surface area contributed by atoms with Crippen molar-refractivity contribution in [3.05, 3.63) is 71.3 Å². The van der Waals surface area contributed by atoms with Crippen LogP contribution in [-0.2, 0) is 11.2 Å². The van der Waals surface area contributed by atoms with E-state index in [0.29, 0.717) is 11.3 Å². The summed E-state index contributed by atoms with van der Waals surface area (Å²) in [6.45, 7) is 0. The summed E-state index contributed by atoms with van der Waals surface area (Å²) in [5.74, 6) is 1.28. The van der Waals surface area contributed by atoms with Gasteiger partial charge in [-0.05, 0) is 54.7 Å². The van der Waals surface area contributed by atoms with Crippen molar-refractivity contribution in [3.8, 4) is 17.6 Å². The van der Waals surface area contributed by atoms with Crippen molar-refractivity contribution in [1.29, 1.82) is 5.26 Å². The number of imide groups is 1. The van der Waals surface area contributed by atoms with Crippen LogP contribution in [0.2, 0.25) is 0 Å². The first-order chi connectivity index (χ1) is 14.6. The van der Waals surface area contributed by atoms with Crippen LogP contribution in [0.5, 0.6) is 11.5 Å². The van der Waals surface area contributed by atoms with Crippen LogP contribution in [0, 0.1) is 11.3 Å². The number of rotatable bonds is 3. The molecule has 0 radical (unpaired) electrons. The Hall–Kier alpha value is -3.30. The molecule has 0 bridgehead atoms. The van der Waals surface area contributed by atoms with Gasteiger partial charge >= 0.3 is 0 Å². The molecule has 2 aliphatic rings. The molecule has 6 heteroatoms. The second kappa shape index (κ2) is 7.51. The zero-order valence-corrected chi connectivity index (χ0v) is 16.9. The minimum absolute atomic E-state index is 0.0370. The van der Waals surface area contributed by atoms with Gasteiger partial charge < -0.3 is 4.74 Å². The number of ether oxygens (including phenoxy) is 1. The third kappa shape index (κ3) is 3.21. The summed E-state index contributed by atoms with van der Waals surface area (Å²) in [6.07, 6.45) is 2.79. The summed E-state index contributed by atoms with van der Waals surface area (Å²) in [6, 6.07) is 19.5. The highest BCUT2D eigenvalue weighted by molar-refractivity contribution is 8.15. The first-order valence-electron chi connectivity index (χ1n) is 9.88. The largest absolute Gasteiger partial charge is 0.457 e. The van der Waals surface area contributed by atoms with Crippen LogP contribution >= 0.6 is 11.8 Å². The Morgan fingerprint density at radius 2 is 1.90 bits per heavy atom. The van der Waals surface area contributed by atoms with Crippen LogP contribution < -0.4 is 10.1 Å². The van der Waals surface area contributed by atoms with Gasteiger partial charge in [0.2, 0.25) is 5.91 Å². The lowest BCUT2D eigenvalue weighted by molar-refractivity contribution is -0.119. The summed E-state index contributed by atoms with van der Waals surface area (Å²) >= 11 is 1.10. The van der Waals surface area contributed by atoms with Gasteiger partial charge in [-0.25, -0.2) is 0 Å². The van der Waals surface area contributed by atoms with Crippen LogP contribution in [0.15, 0.2) is 54.6 Å². The van der Waals surface area contributed by atoms with Gasteiger partial charge in [-0.3, -0.25) is 14.9 Å². The Kier molecular flexibility index (Phi) is 4.68. The van der Waals surface area contributed by atoms with Crippen LogP contribution in [0.1, 0.15) is 35.4 Å². The topological polar surface area (TPSA) is 79.2 Å². The minimum Gasteiger partial charge on any atom is -0.457 e. The lowest BCUT2D eigenvalue weighted by Crippen LogP contribution is -2.30. The zero-order valence-electron chi connectivity index (χ0n) is 16.1. The monoisotopic (exact) mass is 414 g/mol. The molecule has 2 atom stereocenters. The number of carbonyl (C=O) groups is 2. The Morgan fingerprint density at radius 3 is 2.67 bits per heavy atom. The number of hydrogen-bond acceptors (Lipinski definition) is 5. The van der Waals surface area contributed by atoms with E-state index < -0.39 is 0 Å². The molecule has 0 saturated carbocycles. The van der Waals surface area contributed by atoms with E-state index in [2.05, 4.69) is 11.4 Å². The highest BCUT2D eigenvalue weighted by atomic mass is 32.2. The van der Waals surface area contributed by atoms with Gasteiger partial charge in [0.1, 0.15) is 16.7 Å². The molecule has 3 aromatic rings. The van der Waals surface area contributed by atoms with Gasteiger partial charge in [-0.1, -0.05) is 42.1 Å². The van der Waals surface area contributed by atoms with E-state index in [1.807, 2.05) is 48.5 Å². The number of fused-ring (bicyclic) bond motifs is 2. The molecular weight excluding hydrogens is 396 g/mol. The van der Waals surface area contributed by atoms with Gasteiger partial charge in [0.15, 0.2) is 0 Å². The third-order valence-corrected chi connectivity index (χ3v) is 6.90. The molecule has 1 heterocycles. The smallest absolute Gasteiger partial charge is 0.286 e. The van der Waals surface area contributed by atoms with Crippen molar-refractivity contribution in [2.45, 2.75) is 30.4 Å². The number of amides is 2. The highest BCUT2D eigenvalue weighted by Gasteiger charge is 2.40. The molecular formula is C24H18N2O3S. The average Bonchev–Trinajstić information content (AvgIpc) is 3.11. The first-order valence-corrected chi connectivity index (χ1v) is 10.8. The molecule has 1 unspecified atom stereocenters. The maximum Gasteiger partial charge on any atom is 0.286 e. The second-order valence-electron chi connectivity index (χ2n) is 7.55. The fourth-order valence-electron chi connectivity index (χ4n) is 4.43. The fourth-order valence-corrected chi connectivity index (χ4v) is 5.43. The molecule has 1 saturated heterocycles. The number of nitrogens with one attached hydrogen (secondary N) is 1. The molecule has 1 fully saturated rings. The molecule has 0 aromatic heterocycles. The Labute approximate surface area is 178 Å². The molecule has 30 heavy (non-hydrogen) atoms. The summed E-state index contributed by atoms with van der Waals surface area (Å²) in [5.41, 5.74) is 2.91. The number of nitriles is 1. The SMILES string of the molecule is N#Cc1ccc(Oc2ccc3c(c2)CCC[C@H]3C2SC(=O)NC2=O)c2ccccc12. The van der Waals surface area contributed by atoms with Crippen molar-refractivity contribution >= 4 is 33.7 Å². The second-order valence-corrected chi connectivity index (χ2v) is 8.66. The molecule has 2 amide bonds. The minimum atomic E-state index is -0.356.